The van der Waals surface area contributed by atoms with Crippen LogP contribution in [-0.2, 0) is 12.8 Å². The third-order valence-corrected chi connectivity index (χ3v) is 4.70. The number of thiocarbonyl (C=S) groups is 1. The first kappa shape index (κ1) is 15.0. The van der Waals surface area contributed by atoms with Gasteiger partial charge < -0.3 is 10.6 Å². The second kappa shape index (κ2) is 6.09. The van der Waals surface area contributed by atoms with Gasteiger partial charge in [0, 0.05) is 11.7 Å². The van der Waals surface area contributed by atoms with Crippen LogP contribution < -0.4 is 10.6 Å². The molecule has 0 aromatic heterocycles. The van der Waals surface area contributed by atoms with Gasteiger partial charge in [0.2, 0.25) is 0 Å². The van der Waals surface area contributed by atoms with Crippen molar-refractivity contribution in [3.63, 3.8) is 0 Å². The van der Waals surface area contributed by atoms with E-state index in [2.05, 4.69) is 67.8 Å². The number of hydrogen-bond acceptors (Lipinski definition) is 1. The molecule has 2 aromatic rings. The number of benzene rings is 2. The van der Waals surface area contributed by atoms with E-state index in [0.717, 1.165) is 18.5 Å². The largest absolute Gasteiger partial charge is 0.359 e. The van der Waals surface area contributed by atoms with Crippen LogP contribution in [0.15, 0.2) is 36.4 Å². The molecule has 114 valence electrons. The van der Waals surface area contributed by atoms with Gasteiger partial charge in [-0.3, -0.25) is 0 Å². The van der Waals surface area contributed by atoms with Crippen molar-refractivity contribution in [2.24, 2.45) is 0 Å². The van der Waals surface area contributed by atoms with Crippen molar-refractivity contribution in [1.29, 1.82) is 0 Å². The Kier molecular flexibility index (Phi) is 4.16. The zero-order valence-electron chi connectivity index (χ0n) is 13.4. The lowest BCUT2D eigenvalue weighted by atomic mass is 10.1. The summed E-state index contributed by atoms with van der Waals surface area (Å²) in [5, 5.41) is 7.52. The van der Waals surface area contributed by atoms with Gasteiger partial charge in [0.05, 0.1) is 0 Å². The molecule has 3 rings (SSSR count). The van der Waals surface area contributed by atoms with Crippen molar-refractivity contribution in [3.05, 3.63) is 64.2 Å². The summed E-state index contributed by atoms with van der Waals surface area (Å²) in [6.07, 6.45) is 2.09. The number of rotatable bonds is 2. The summed E-state index contributed by atoms with van der Waals surface area (Å²) in [4.78, 5) is 0. The molecule has 0 aliphatic heterocycles. The second-order valence-corrected chi connectivity index (χ2v) is 6.63. The fraction of sp³-hybridized carbons (Fsp3) is 0.316. The minimum absolute atomic E-state index is 0.393. The van der Waals surface area contributed by atoms with Crippen LogP contribution in [0.5, 0.6) is 0 Å². The molecular formula is C19H22N2S. The third-order valence-electron chi connectivity index (χ3n) is 4.48. The Morgan fingerprint density at radius 2 is 1.55 bits per heavy atom. The first-order valence-electron chi connectivity index (χ1n) is 7.75. The summed E-state index contributed by atoms with van der Waals surface area (Å²) < 4.78 is 0. The van der Waals surface area contributed by atoms with E-state index in [1.165, 1.54) is 27.8 Å². The molecule has 0 spiro atoms. The lowest BCUT2D eigenvalue weighted by molar-refractivity contribution is 0.648. The van der Waals surface area contributed by atoms with Gasteiger partial charge in [-0.1, -0.05) is 30.3 Å². The standard InChI is InChI=1S/C19H22N2S/c1-12-8-14(3)18(9-13(12)2)21-19(22)20-17-10-15-6-4-5-7-16(15)11-17/h4-9,17H,10-11H2,1-3H3,(H2,20,21,22). The molecule has 0 fully saturated rings. The van der Waals surface area contributed by atoms with Crippen molar-refractivity contribution in [1.82, 2.24) is 5.32 Å². The van der Waals surface area contributed by atoms with E-state index < -0.39 is 0 Å². The number of hydrogen-bond donors (Lipinski definition) is 2. The summed E-state index contributed by atoms with van der Waals surface area (Å²) in [7, 11) is 0. The van der Waals surface area contributed by atoms with Crippen LogP contribution >= 0.6 is 12.2 Å². The number of nitrogens with one attached hydrogen (secondary N) is 2. The third kappa shape index (κ3) is 3.14. The SMILES string of the molecule is Cc1cc(C)c(NC(=S)NC2Cc3ccccc3C2)cc1C. The molecule has 0 saturated carbocycles. The number of aryl methyl sites for hydroxylation is 3. The Hall–Kier alpha value is -1.87. The predicted octanol–water partition coefficient (Wildman–Crippen LogP) is 4.07. The van der Waals surface area contributed by atoms with Crippen LogP contribution in [0.2, 0.25) is 0 Å². The van der Waals surface area contributed by atoms with E-state index in [1.54, 1.807) is 0 Å². The highest BCUT2D eigenvalue weighted by Gasteiger charge is 2.21. The van der Waals surface area contributed by atoms with Crippen molar-refractivity contribution in [3.8, 4) is 0 Å². The van der Waals surface area contributed by atoms with E-state index in [9.17, 15) is 0 Å². The lowest BCUT2D eigenvalue weighted by Crippen LogP contribution is -2.38. The topological polar surface area (TPSA) is 24.1 Å². The van der Waals surface area contributed by atoms with E-state index >= 15 is 0 Å². The van der Waals surface area contributed by atoms with Crippen LogP contribution in [-0.4, -0.2) is 11.2 Å². The van der Waals surface area contributed by atoms with Crippen molar-refractivity contribution >= 4 is 23.0 Å². The zero-order valence-corrected chi connectivity index (χ0v) is 14.2. The van der Waals surface area contributed by atoms with Crippen LogP contribution in [0.1, 0.15) is 27.8 Å². The molecular weight excluding hydrogens is 288 g/mol. The van der Waals surface area contributed by atoms with E-state index in [1.807, 2.05) is 0 Å². The number of anilines is 1. The molecule has 0 radical (unpaired) electrons. The Balaban J connectivity index is 1.64. The number of fused-ring (bicyclic) bond motifs is 1. The quantitative estimate of drug-likeness (QED) is 0.818. The highest BCUT2D eigenvalue weighted by atomic mass is 32.1. The normalized spacial score (nSPS) is 13.8. The molecule has 0 heterocycles. The van der Waals surface area contributed by atoms with Crippen LogP contribution in [0.25, 0.3) is 0 Å². The molecule has 1 aliphatic carbocycles. The van der Waals surface area contributed by atoms with E-state index in [4.69, 9.17) is 12.2 Å². The molecule has 0 saturated heterocycles. The van der Waals surface area contributed by atoms with Crippen LogP contribution in [0.3, 0.4) is 0 Å². The van der Waals surface area contributed by atoms with Gasteiger partial charge in [-0.05, 0) is 79.7 Å². The molecule has 0 bridgehead atoms. The minimum atomic E-state index is 0.393. The molecule has 3 heteroatoms. The Morgan fingerprint density at radius 1 is 0.955 bits per heavy atom. The fourth-order valence-corrected chi connectivity index (χ4v) is 3.38. The average molecular weight is 310 g/mol. The molecule has 22 heavy (non-hydrogen) atoms. The average Bonchev–Trinajstić information content (AvgIpc) is 2.86. The molecule has 0 unspecified atom stereocenters. The summed E-state index contributed by atoms with van der Waals surface area (Å²) in [6, 6.07) is 13.4. The van der Waals surface area contributed by atoms with E-state index in [0.29, 0.717) is 11.2 Å². The fourth-order valence-electron chi connectivity index (χ4n) is 3.10. The Labute approximate surface area is 137 Å². The molecule has 2 nitrogen and oxygen atoms in total. The zero-order chi connectivity index (χ0) is 15.7. The summed E-state index contributed by atoms with van der Waals surface area (Å²) in [6.45, 7) is 6.38. The van der Waals surface area contributed by atoms with Gasteiger partial charge in [-0.2, -0.15) is 0 Å². The monoisotopic (exact) mass is 310 g/mol. The van der Waals surface area contributed by atoms with Gasteiger partial charge in [0.15, 0.2) is 5.11 Å². The highest BCUT2D eigenvalue weighted by molar-refractivity contribution is 7.80. The summed E-state index contributed by atoms with van der Waals surface area (Å²) in [5.41, 5.74) is 7.78. The maximum absolute atomic E-state index is 5.50. The molecule has 0 amide bonds. The van der Waals surface area contributed by atoms with Crippen molar-refractivity contribution in [2.75, 3.05) is 5.32 Å². The highest BCUT2D eigenvalue weighted by Crippen LogP contribution is 2.23. The van der Waals surface area contributed by atoms with Gasteiger partial charge in [0.25, 0.3) is 0 Å². The first-order valence-corrected chi connectivity index (χ1v) is 8.16. The smallest absolute Gasteiger partial charge is 0.171 e. The molecule has 2 N–H and O–H groups in total. The van der Waals surface area contributed by atoms with Gasteiger partial charge >= 0.3 is 0 Å². The lowest BCUT2D eigenvalue weighted by Gasteiger charge is -2.18. The van der Waals surface area contributed by atoms with Gasteiger partial charge in [0.1, 0.15) is 0 Å². The van der Waals surface area contributed by atoms with Crippen molar-refractivity contribution < 1.29 is 0 Å². The first-order chi connectivity index (χ1) is 10.5. The van der Waals surface area contributed by atoms with Crippen LogP contribution in [0, 0.1) is 20.8 Å². The van der Waals surface area contributed by atoms with Crippen molar-refractivity contribution in [2.45, 2.75) is 39.7 Å². The molecule has 1 aliphatic rings. The second-order valence-electron chi connectivity index (χ2n) is 6.22. The van der Waals surface area contributed by atoms with Gasteiger partial charge in [-0.15, -0.1) is 0 Å². The van der Waals surface area contributed by atoms with Gasteiger partial charge in [-0.25, -0.2) is 0 Å². The minimum Gasteiger partial charge on any atom is -0.359 e. The Bertz CT molecular complexity index is 696. The molecule has 0 atom stereocenters. The maximum atomic E-state index is 5.50. The predicted molar refractivity (Wildman–Crippen MR) is 97.6 cm³/mol. The summed E-state index contributed by atoms with van der Waals surface area (Å²) >= 11 is 5.50. The molecule has 2 aromatic carbocycles. The maximum Gasteiger partial charge on any atom is 0.171 e. The van der Waals surface area contributed by atoms with Crippen LogP contribution in [0.4, 0.5) is 5.69 Å². The van der Waals surface area contributed by atoms with E-state index in [-0.39, 0.29) is 0 Å². The Morgan fingerprint density at radius 3 is 2.18 bits per heavy atom. The summed E-state index contributed by atoms with van der Waals surface area (Å²) in [5.74, 6) is 0.